The monoisotopic (exact) mass is 608 g/mol. The Morgan fingerprint density at radius 3 is 1.42 bits per heavy atom. The van der Waals surface area contributed by atoms with Crippen molar-refractivity contribution < 1.29 is 47.6 Å². The third-order valence-corrected chi connectivity index (χ3v) is 7.43. The standard InChI is InChI=1S/C35H28O10/c36-31(23-13-5-1-6-14-23)40-22-35-30(44-34(39)26-19-11-4-12-20-26)29(43-33(38)25-17-9-3-10-18-25)28(27(45-35)21-41-35)42-32(37)24-15-7-2-8-16-24/h1-20,27-30H,21-22H2. The summed E-state index contributed by atoms with van der Waals surface area (Å²) in [6, 6.07) is 32.9. The van der Waals surface area contributed by atoms with E-state index in [0.717, 1.165) is 0 Å². The highest BCUT2D eigenvalue weighted by Gasteiger charge is 2.65. The molecule has 2 aliphatic rings. The maximum atomic E-state index is 13.5. The van der Waals surface area contributed by atoms with Gasteiger partial charge >= 0.3 is 23.9 Å². The first-order valence-electron chi connectivity index (χ1n) is 14.3. The van der Waals surface area contributed by atoms with Crippen LogP contribution in [-0.4, -0.2) is 67.3 Å². The molecule has 2 aliphatic heterocycles. The fraction of sp³-hybridized carbons (Fsp3) is 0.200. The first-order valence-corrected chi connectivity index (χ1v) is 14.3. The molecule has 45 heavy (non-hydrogen) atoms. The highest BCUT2D eigenvalue weighted by molar-refractivity contribution is 5.91. The SMILES string of the molecule is O=C(OCC12OCC(O1)C(OC(=O)c1ccccc1)C(OC(=O)c1ccccc1)C2OC(=O)c1ccccc1)c1ccccc1. The van der Waals surface area contributed by atoms with Gasteiger partial charge in [-0.25, -0.2) is 19.2 Å². The van der Waals surface area contributed by atoms with Crippen LogP contribution in [0.4, 0.5) is 0 Å². The van der Waals surface area contributed by atoms with Crippen LogP contribution in [0.15, 0.2) is 121 Å². The van der Waals surface area contributed by atoms with Crippen LogP contribution in [0.25, 0.3) is 0 Å². The number of hydrogen-bond donors (Lipinski definition) is 0. The molecule has 4 aromatic carbocycles. The highest BCUT2D eigenvalue weighted by Crippen LogP contribution is 2.42. The lowest BCUT2D eigenvalue weighted by atomic mass is 9.93. The van der Waals surface area contributed by atoms with Crippen LogP contribution in [-0.2, 0) is 28.4 Å². The average molecular weight is 609 g/mol. The van der Waals surface area contributed by atoms with Gasteiger partial charge in [0.25, 0.3) is 0 Å². The fourth-order valence-corrected chi connectivity index (χ4v) is 5.19. The molecule has 0 aliphatic carbocycles. The van der Waals surface area contributed by atoms with E-state index in [1.807, 2.05) is 0 Å². The summed E-state index contributed by atoms with van der Waals surface area (Å²) in [5.74, 6) is -4.84. The van der Waals surface area contributed by atoms with Gasteiger partial charge in [-0.2, -0.15) is 0 Å². The van der Waals surface area contributed by atoms with E-state index in [4.69, 9.17) is 28.4 Å². The predicted octanol–water partition coefficient (Wildman–Crippen LogP) is 4.65. The lowest BCUT2D eigenvalue weighted by Crippen LogP contribution is -2.65. The van der Waals surface area contributed by atoms with Crippen LogP contribution in [0.2, 0.25) is 0 Å². The Morgan fingerprint density at radius 1 is 0.556 bits per heavy atom. The largest absolute Gasteiger partial charge is 0.456 e. The van der Waals surface area contributed by atoms with Gasteiger partial charge in [0, 0.05) is 0 Å². The van der Waals surface area contributed by atoms with Gasteiger partial charge in [0.2, 0.25) is 5.79 Å². The normalized spacial score (nSPS) is 23.4. The van der Waals surface area contributed by atoms with Gasteiger partial charge < -0.3 is 28.4 Å². The molecule has 0 radical (unpaired) electrons. The number of carbonyl (C=O) groups is 4. The number of esters is 4. The molecular formula is C35H28O10. The topological polar surface area (TPSA) is 124 Å². The second-order valence-corrected chi connectivity index (χ2v) is 10.4. The van der Waals surface area contributed by atoms with E-state index < -0.39 is 60.7 Å². The molecular weight excluding hydrogens is 580 g/mol. The van der Waals surface area contributed by atoms with Gasteiger partial charge in [-0.15, -0.1) is 0 Å². The van der Waals surface area contributed by atoms with Gasteiger partial charge in [-0.1, -0.05) is 72.8 Å². The van der Waals surface area contributed by atoms with E-state index in [-0.39, 0.29) is 28.9 Å². The number of carbonyl (C=O) groups excluding carboxylic acids is 4. The molecule has 4 aromatic rings. The lowest BCUT2D eigenvalue weighted by Gasteiger charge is -2.44. The Morgan fingerprint density at radius 2 is 0.956 bits per heavy atom. The Kier molecular flexibility index (Phi) is 8.68. The first-order chi connectivity index (χ1) is 21.9. The van der Waals surface area contributed by atoms with E-state index in [0.29, 0.717) is 0 Å². The molecule has 5 unspecified atom stereocenters. The predicted molar refractivity (Wildman–Crippen MR) is 157 cm³/mol. The Hall–Kier alpha value is -5.32. The summed E-state index contributed by atoms with van der Waals surface area (Å²) in [5, 5.41) is 0. The first kappa shape index (κ1) is 29.7. The zero-order valence-corrected chi connectivity index (χ0v) is 23.9. The van der Waals surface area contributed by atoms with Crippen LogP contribution in [0, 0.1) is 0 Å². The van der Waals surface area contributed by atoms with Gasteiger partial charge in [-0.05, 0) is 48.5 Å². The molecule has 6 rings (SSSR count). The smallest absolute Gasteiger partial charge is 0.338 e. The molecule has 10 nitrogen and oxygen atoms in total. The van der Waals surface area contributed by atoms with E-state index in [1.54, 1.807) is 121 Å². The summed E-state index contributed by atoms with van der Waals surface area (Å²) in [4.78, 5) is 53.1. The lowest BCUT2D eigenvalue weighted by molar-refractivity contribution is -0.302. The Labute approximate surface area is 258 Å². The van der Waals surface area contributed by atoms with Crippen molar-refractivity contribution in [3.05, 3.63) is 144 Å². The molecule has 2 fully saturated rings. The van der Waals surface area contributed by atoms with Crippen LogP contribution in [0.5, 0.6) is 0 Å². The third kappa shape index (κ3) is 6.47. The Balaban J connectivity index is 1.36. The van der Waals surface area contributed by atoms with Gasteiger partial charge in [0.15, 0.2) is 18.3 Å². The molecule has 0 N–H and O–H groups in total. The third-order valence-electron chi connectivity index (χ3n) is 7.43. The van der Waals surface area contributed by atoms with Crippen molar-refractivity contribution in [3.63, 3.8) is 0 Å². The van der Waals surface area contributed by atoms with Crippen LogP contribution in [0.1, 0.15) is 41.4 Å². The number of rotatable bonds is 9. The molecule has 2 bridgehead atoms. The molecule has 0 aromatic heterocycles. The minimum atomic E-state index is -1.89. The van der Waals surface area contributed by atoms with Crippen molar-refractivity contribution in [2.75, 3.05) is 13.2 Å². The Bertz CT molecular complexity index is 1650. The highest BCUT2D eigenvalue weighted by atomic mass is 16.8. The molecule has 10 heteroatoms. The van der Waals surface area contributed by atoms with Crippen molar-refractivity contribution in [2.24, 2.45) is 0 Å². The summed E-state index contributed by atoms with van der Waals surface area (Å²) in [6.07, 6.45) is -5.18. The molecule has 2 saturated heterocycles. The molecule has 228 valence electrons. The minimum absolute atomic E-state index is 0.144. The molecule has 0 saturated carbocycles. The maximum Gasteiger partial charge on any atom is 0.338 e. The van der Waals surface area contributed by atoms with Crippen molar-refractivity contribution in [1.29, 1.82) is 0 Å². The van der Waals surface area contributed by atoms with Gasteiger partial charge in [0.05, 0.1) is 28.9 Å². The second-order valence-electron chi connectivity index (χ2n) is 10.4. The van der Waals surface area contributed by atoms with E-state index in [9.17, 15) is 19.2 Å². The zero-order valence-electron chi connectivity index (χ0n) is 23.9. The van der Waals surface area contributed by atoms with E-state index >= 15 is 0 Å². The van der Waals surface area contributed by atoms with Crippen LogP contribution < -0.4 is 0 Å². The van der Waals surface area contributed by atoms with Crippen molar-refractivity contribution in [2.45, 2.75) is 30.2 Å². The molecule has 0 spiro atoms. The van der Waals surface area contributed by atoms with Gasteiger partial charge in [0.1, 0.15) is 12.7 Å². The van der Waals surface area contributed by atoms with E-state index in [1.165, 1.54) is 0 Å². The number of ether oxygens (including phenoxy) is 6. The summed E-state index contributed by atoms with van der Waals surface area (Å²) >= 11 is 0. The van der Waals surface area contributed by atoms with Crippen LogP contribution in [0.3, 0.4) is 0 Å². The maximum absolute atomic E-state index is 13.5. The number of fused-ring (bicyclic) bond motifs is 2. The fourth-order valence-electron chi connectivity index (χ4n) is 5.19. The molecule has 5 atom stereocenters. The minimum Gasteiger partial charge on any atom is -0.456 e. The van der Waals surface area contributed by atoms with E-state index in [2.05, 4.69) is 0 Å². The molecule has 2 heterocycles. The summed E-state index contributed by atoms with van der Waals surface area (Å²) < 4.78 is 35.8. The quantitative estimate of drug-likeness (QED) is 0.196. The number of hydrogen-bond acceptors (Lipinski definition) is 10. The van der Waals surface area contributed by atoms with Crippen molar-refractivity contribution in [3.8, 4) is 0 Å². The zero-order chi connectivity index (χ0) is 31.2. The average Bonchev–Trinajstić information content (AvgIpc) is 3.49. The summed E-state index contributed by atoms with van der Waals surface area (Å²) in [5.41, 5.74) is 0.929. The second kappa shape index (κ2) is 13.1. The number of benzene rings is 4. The van der Waals surface area contributed by atoms with Crippen LogP contribution >= 0.6 is 0 Å². The van der Waals surface area contributed by atoms with Gasteiger partial charge in [-0.3, -0.25) is 0 Å². The molecule has 0 amide bonds. The van der Waals surface area contributed by atoms with Crippen molar-refractivity contribution in [1.82, 2.24) is 0 Å². The summed E-state index contributed by atoms with van der Waals surface area (Å²) in [7, 11) is 0. The summed E-state index contributed by atoms with van der Waals surface area (Å²) in [6.45, 7) is -0.670. The van der Waals surface area contributed by atoms with Crippen molar-refractivity contribution >= 4 is 23.9 Å².